The van der Waals surface area contributed by atoms with Gasteiger partial charge in [0.15, 0.2) is 0 Å². The van der Waals surface area contributed by atoms with Crippen LogP contribution in [0.15, 0.2) is 40.9 Å². The molecule has 0 amide bonds. The second kappa shape index (κ2) is 5.61. The molecule has 1 unspecified atom stereocenters. The zero-order chi connectivity index (χ0) is 12.1. The van der Waals surface area contributed by atoms with E-state index in [0.717, 1.165) is 11.3 Å². The Kier molecular flexibility index (Phi) is 3.90. The van der Waals surface area contributed by atoms with Gasteiger partial charge in [0, 0.05) is 6.54 Å². The van der Waals surface area contributed by atoms with Crippen molar-refractivity contribution in [2.45, 2.75) is 19.6 Å². The van der Waals surface area contributed by atoms with E-state index in [1.54, 1.807) is 6.20 Å². The van der Waals surface area contributed by atoms with E-state index >= 15 is 0 Å². The van der Waals surface area contributed by atoms with E-state index in [2.05, 4.69) is 10.3 Å². The lowest BCUT2D eigenvalue weighted by Crippen LogP contribution is -2.21. The van der Waals surface area contributed by atoms with Crippen molar-refractivity contribution in [2.24, 2.45) is 0 Å². The number of hydrogen-bond acceptors (Lipinski definition) is 4. The van der Waals surface area contributed by atoms with Gasteiger partial charge in [-0.15, -0.1) is 0 Å². The molecule has 4 heteroatoms. The van der Waals surface area contributed by atoms with Gasteiger partial charge in [-0.2, -0.15) is 0 Å². The summed E-state index contributed by atoms with van der Waals surface area (Å²) >= 11 is 0. The molecule has 2 rings (SSSR count). The fourth-order valence-electron chi connectivity index (χ4n) is 1.59. The molecule has 0 aliphatic carbocycles. The van der Waals surface area contributed by atoms with Crippen LogP contribution in [0, 0.1) is 6.92 Å². The number of aromatic nitrogens is 1. The van der Waals surface area contributed by atoms with E-state index < -0.39 is 6.10 Å². The van der Waals surface area contributed by atoms with Gasteiger partial charge < -0.3 is 14.8 Å². The van der Waals surface area contributed by atoms with Crippen LogP contribution in [0.3, 0.4) is 0 Å². The zero-order valence-corrected chi connectivity index (χ0v) is 9.76. The van der Waals surface area contributed by atoms with Crippen LogP contribution in [-0.2, 0) is 6.54 Å². The summed E-state index contributed by atoms with van der Waals surface area (Å²) in [5.41, 5.74) is 0.906. The van der Waals surface area contributed by atoms with Gasteiger partial charge in [-0.25, -0.2) is 4.98 Å². The number of aliphatic hydroxyl groups is 1. The van der Waals surface area contributed by atoms with Gasteiger partial charge in [0.05, 0.1) is 18.8 Å². The molecule has 0 spiro atoms. The molecule has 2 aromatic rings. The van der Waals surface area contributed by atoms with Crippen molar-refractivity contribution in [3.63, 3.8) is 0 Å². The Balaban J connectivity index is 1.79. The van der Waals surface area contributed by atoms with Crippen LogP contribution in [-0.4, -0.2) is 16.6 Å². The fraction of sp³-hybridized carbons (Fsp3) is 0.308. The van der Waals surface area contributed by atoms with Crippen LogP contribution in [0.5, 0.6) is 0 Å². The van der Waals surface area contributed by atoms with Gasteiger partial charge in [-0.3, -0.25) is 0 Å². The minimum absolute atomic E-state index is 0.478. The zero-order valence-electron chi connectivity index (χ0n) is 9.76. The predicted molar refractivity (Wildman–Crippen MR) is 64.3 cm³/mol. The molecular weight excluding hydrogens is 216 g/mol. The molecule has 1 heterocycles. The molecule has 0 fully saturated rings. The van der Waals surface area contributed by atoms with E-state index in [1.807, 2.05) is 37.3 Å². The Morgan fingerprint density at radius 3 is 2.76 bits per heavy atom. The molecule has 0 saturated carbocycles. The topological polar surface area (TPSA) is 58.3 Å². The standard InChI is InChI=1S/C13H16N2O2/c1-10-7-15-13(17-10)9-14-8-12(16)11-5-3-2-4-6-11/h2-7,12,14,16H,8-9H2,1H3. The number of hydrogen-bond donors (Lipinski definition) is 2. The molecule has 90 valence electrons. The molecule has 1 aromatic heterocycles. The first-order valence-corrected chi connectivity index (χ1v) is 5.61. The molecule has 17 heavy (non-hydrogen) atoms. The highest BCUT2D eigenvalue weighted by Crippen LogP contribution is 2.10. The SMILES string of the molecule is Cc1cnc(CNCC(O)c2ccccc2)o1. The average molecular weight is 232 g/mol. The molecule has 0 aliphatic rings. The van der Waals surface area contributed by atoms with Crippen LogP contribution >= 0.6 is 0 Å². The molecule has 0 bridgehead atoms. The first-order chi connectivity index (χ1) is 8.25. The number of nitrogens with one attached hydrogen (secondary N) is 1. The van der Waals surface area contributed by atoms with Crippen molar-refractivity contribution in [2.75, 3.05) is 6.54 Å². The van der Waals surface area contributed by atoms with Gasteiger partial charge in [-0.1, -0.05) is 30.3 Å². The van der Waals surface area contributed by atoms with Crippen molar-refractivity contribution < 1.29 is 9.52 Å². The summed E-state index contributed by atoms with van der Waals surface area (Å²) in [5.74, 6) is 1.44. The summed E-state index contributed by atoms with van der Waals surface area (Å²) in [6, 6.07) is 9.56. The first kappa shape index (κ1) is 11.8. The van der Waals surface area contributed by atoms with Crippen LogP contribution < -0.4 is 5.32 Å². The molecule has 4 nitrogen and oxygen atoms in total. The van der Waals surface area contributed by atoms with Gasteiger partial charge in [-0.05, 0) is 12.5 Å². The molecule has 1 atom stereocenters. The third-order valence-electron chi connectivity index (χ3n) is 2.47. The largest absolute Gasteiger partial charge is 0.445 e. The summed E-state index contributed by atoms with van der Waals surface area (Å²) in [6.07, 6.45) is 1.18. The highest BCUT2D eigenvalue weighted by Gasteiger charge is 2.07. The third-order valence-corrected chi connectivity index (χ3v) is 2.47. The Bertz CT molecular complexity index is 453. The lowest BCUT2D eigenvalue weighted by atomic mass is 10.1. The average Bonchev–Trinajstić information content (AvgIpc) is 2.76. The van der Waals surface area contributed by atoms with Crippen molar-refractivity contribution in [1.29, 1.82) is 0 Å². The Morgan fingerprint density at radius 1 is 1.35 bits per heavy atom. The Morgan fingerprint density at radius 2 is 2.12 bits per heavy atom. The van der Waals surface area contributed by atoms with Gasteiger partial charge in [0.25, 0.3) is 0 Å². The highest BCUT2D eigenvalue weighted by molar-refractivity contribution is 5.17. The molecule has 2 N–H and O–H groups in total. The molecule has 0 saturated heterocycles. The Hall–Kier alpha value is -1.65. The fourth-order valence-corrected chi connectivity index (χ4v) is 1.59. The Labute approximate surface area is 100 Å². The molecular formula is C13H16N2O2. The third kappa shape index (κ3) is 3.41. The van der Waals surface area contributed by atoms with E-state index in [-0.39, 0.29) is 0 Å². The minimum Gasteiger partial charge on any atom is -0.445 e. The number of aryl methyl sites for hydroxylation is 1. The monoisotopic (exact) mass is 232 g/mol. The van der Waals surface area contributed by atoms with E-state index in [4.69, 9.17) is 4.42 Å². The number of benzene rings is 1. The van der Waals surface area contributed by atoms with Crippen molar-refractivity contribution >= 4 is 0 Å². The molecule has 1 aromatic carbocycles. The minimum atomic E-state index is -0.507. The lowest BCUT2D eigenvalue weighted by Gasteiger charge is -2.10. The van der Waals surface area contributed by atoms with Crippen molar-refractivity contribution in [3.8, 4) is 0 Å². The van der Waals surface area contributed by atoms with Crippen molar-refractivity contribution in [1.82, 2.24) is 10.3 Å². The maximum absolute atomic E-state index is 9.89. The van der Waals surface area contributed by atoms with Crippen LogP contribution in [0.1, 0.15) is 23.3 Å². The van der Waals surface area contributed by atoms with Gasteiger partial charge in [0.2, 0.25) is 5.89 Å². The summed E-state index contributed by atoms with van der Waals surface area (Å²) in [7, 11) is 0. The molecule has 0 aliphatic heterocycles. The quantitative estimate of drug-likeness (QED) is 0.825. The highest BCUT2D eigenvalue weighted by atomic mass is 16.4. The van der Waals surface area contributed by atoms with Crippen LogP contribution in [0.25, 0.3) is 0 Å². The summed E-state index contributed by atoms with van der Waals surface area (Å²) < 4.78 is 5.32. The second-order valence-corrected chi connectivity index (χ2v) is 3.92. The number of nitrogens with zero attached hydrogens (tertiary/aromatic N) is 1. The maximum atomic E-state index is 9.89. The van der Waals surface area contributed by atoms with E-state index in [1.165, 1.54) is 0 Å². The maximum Gasteiger partial charge on any atom is 0.208 e. The van der Waals surface area contributed by atoms with Crippen LogP contribution in [0.2, 0.25) is 0 Å². The van der Waals surface area contributed by atoms with Gasteiger partial charge >= 0.3 is 0 Å². The van der Waals surface area contributed by atoms with Gasteiger partial charge in [0.1, 0.15) is 5.76 Å². The number of oxazole rings is 1. The predicted octanol–water partition coefficient (Wildman–Crippen LogP) is 1.81. The summed E-state index contributed by atoms with van der Waals surface area (Å²) in [6.45, 7) is 2.86. The van der Waals surface area contributed by atoms with E-state index in [9.17, 15) is 5.11 Å². The second-order valence-electron chi connectivity index (χ2n) is 3.92. The summed E-state index contributed by atoms with van der Waals surface area (Å²) in [4.78, 5) is 4.07. The smallest absolute Gasteiger partial charge is 0.208 e. The van der Waals surface area contributed by atoms with Crippen molar-refractivity contribution in [3.05, 3.63) is 53.7 Å². The normalized spacial score (nSPS) is 12.6. The lowest BCUT2D eigenvalue weighted by molar-refractivity contribution is 0.173. The number of rotatable bonds is 5. The first-order valence-electron chi connectivity index (χ1n) is 5.61. The summed E-state index contributed by atoms with van der Waals surface area (Å²) in [5, 5.41) is 13.0. The van der Waals surface area contributed by atoms with Crippen LogP contribution in [0.4, 0.5) is 0 Å². The number of aliphatic hydroxyl groups excluding tert-OH is 1. The molecule has 0 radical (unpaired) electrons. The van der Waals surface area contributed by atoms with E-state index in [0.29, 0.717) is 19.0 Å².